The van der Waals surface area contributed by atoms with Gasteiger partial charge in [-0.3, -0.25) is 4.72 Å². The Hall–Kier alpha value is -1.58. The first kappa shape index (κ1) is 15.8. The maximum Gasteiger partial charge on any atom is 0.263 e. The molecule has 1 aromatic heterocycles. The van der Waals surface area contributed by atoms with Crippen molar-refractivity contribution in [3.63, 3.8) is 0 Å². The highest BCUT2D eigenvalue weighted by Gasteiger charge is 2.24. The summed E-state index contributed by atoms with van der Waals surface area (Å²) in [6.07, 6.45) is 0. The van der Waals surface area contributed by atoms with Crippen molar-refractivity contribution >= 4 is 27.0 Å². The summed E-state index contributed by atoms with van der Waals surface area (Å²) in [5.41, 5.74) is -0.0551. The van der Waals surface area contributed by atoms with Crippen LogP contribution in [0.1, 0.15) is 10.4 Å². The second-order valence-electron chi connectivity index (χ2n) is 4.19. The molecular weight excluding hydrogens is 327 g/mol. The van der Waals surface area contributed by atoms with Gasteiger partial charge in [-0.05, 0) is 17.9 Å². The van der Waals surface area contributed by atoms with Gasteiger partial charge in [0.2, 0.25) is 0 Å². The minimum Gasteiger partial charge on any atom is -0.391 e. The molecule has 1 heterocycles. The first-order valence-corrected chi connectivity index (χ1v) is 7.97. The average molecular weight is 337 g/mol. The highest BCUT2D eigenvalue weighted by Crippen LogP contribution is 2.29. The molecule has 0 amide bonds. The third kappa shape index (κ3) is 3.04. The Morgan fingerprint density at radius 2 is 1.81 bits per heavy atom. The maximum absolute atomic E-state index is 13.1. The predicted molar refractivity (Wildman–Crippen MR) is 72.1 cm³/mol. The summed E-state index contributed by atoms with van der Waals surface area (Å²) in [5.74, 6) is -4.69. The number of hydrogen-bond acceptors (Lipinski definition) is 4. The van der Waals surface area contributed by atoms with Gasteiger partial charge in [0.15, 0.2) is 17.5 Å². The van der Waals surface area contributed by atoms with Crippen LogP contribution in [0.15, 0.2) is 22.4 Å². The zero-order valence-corrected chi connectivity index (χ0v) is 12.3. The molecule has 0 spiro atoms. The van der Waals surface area contributed by atoms with Crippen molar-refractivity contribution in [2.75, 3.05) is 4.72 Å². The Balaban J connectivity index is 2.45. The van der Waals surface area contributed by atoms with Crippen LogP contribution in [0.25, 0.3) is 0 Å². The lowest BCUT2D eigenvalue weighted by molar-refractivity contribution is 0.282. The van der Waals surface area contributed by atoms with E-state index in [1.807, 2.05) is 4.72 Å². The van der Waals surface area contributed by atoms with Gasteiger partial charge in [-0.25, -0.2) is 21.6 Å². The topological polar surface area (TPSA) is 66.4 Å². The fourth-order valence-electron chi connectivity index (χ4n) is 1.78. The molecule has 2 aromatic rings. The monoisotopic (exact) mass is 337 g/mol. The summed E-state index contributed by atoms with van der Waals surface area (Å²) in [4.78, 5) is 0.0446. The smallest absolute Gasteiger partial charge is 0.263 e. The van der Waals surface area contributed by atoms with Crippen molar-refractivity contribution in [2.24, 2.45) is 0 Å². The minimum atomic E-state index is -4.15. The van der Waals surface area contributed by atoms with E-state index in [1.54, 1.807) is 0 Å². The lowest BCUT2D eigenvalue weighted by Crippen LogP contribution is -2.15. The van der Waals surface area contributed by atoms with E-state index >= 15 is 0 Å². The summed E-state index contributed by atoms with van der Waals surface area (Å²) in [7, 11) is -4.15. The Morgan fingerprint density at radius 3 is 2.33 bits per heavy atom. The number of thiophene rings is 1. The van der Waals surface area contributed by atoms with Gasteiger partial charge in [0.25, 0.3) is 10.0 Å². The first-order chi connectivity index (χ1) is 9.76. The molecule has 0 saturated heterocycles. The highest BCUT2D eigenvalue weighted by molar-refractivity contribution is 7.93. The standard InChI is InChI=1S/C12H10F3NO3S2/c1-6-5-20-10(4-17)12(6)21(18,19)16-7-2-8(13)11(15)9(14)3-7/h2-3,5,16-17H,4H2,1H3. The normalized spacial score (nSPS) is 11.7. The molecule has 21 heavy (non-hydrogen) atoms. The Kier molecular flexibility index (Phi) is 4.26. The van der Waals surface area contributed by atoms with Crippen LogP contribution in [0.4, 0.5) is 18.9 Å². The maximum atomic E-state index is 13.1. The van der Waals surface area contributed by atoms with Gasteiger partial charge in [0, 0.05) is 12.1 Å². The summed E-state index contributed by atoms with van der Waals surface area (Å²) in [5, 5.41) is 10.7. The molecule has 4 nitrogen and oxygen atoms in total. The molecule has 0 radical (unpaired) electrons. The van der Waals surface area contributed by atoms with E-state index < -0.39 is 39.8 Å². The number of aliphatic hydroxyl groups is 1. The quantitative estimate of drug-likeness (QED) is 0.843. The largest absolute Gasteiger partial charge is 0.391 e. The van der Waals surface area contributed by atoms with Gasteiger partial charge >= 0.3 is 0 Å². The van der Waals surface area contributed by atoms with Crippen LogP contribution in [0.3, 0.4) is 0 Å². The van der Waals surface area contributed by atoms with E-state index in [2.05, 4.69) is 0 Å². The number of aryl methyl sites for hydroxylation is 1. The zero-order valence-electron chi connectivity index (χ0n) is 10.7. The minimum absolute atomic E-state index is 0.153. The van der Waals surface area contributed by atoms with Crippen LogP contribution in [0.2, 0.25) is 0 Å². The van der Waals surface area contributed by atoms with E-state index in [1.165, 1.54) is 12.3 Å². The van der Waals surface area contributed by atoms with E-state index in [9.17, 15) is 21.6 Å². The van der Waals surface area contributed by atoms with E-state index in [0.29, 0.717) is 17.7 Å². The second-order valence-corrected chi connectivity index (χ2v) is 6.77. The molecule has 1 aromatic carbocycles. The number of nitrogens with one attached hydrogen (secondary N) is 1. The number of aliphatic hydroxyl groups excluding tert-OH is 1. The fraction of sp³-hybridized carbons (Fsp3) is 0.167. The summed E-state index contributed by atoms with van der Waals surface area (Å²) < 4.78 is 65.4. The number of rotatable bonds is 4. The Labute approximate surface area is 122 Å². The average Bonchev–Trinajstić information content (AvgIpc) is 2.77. The fourth-order valence-corrected chi connectivity index (χ4v) is 4.48. The molecule has 9 heteroatoms. The van der Waals surface area contributed by atoms with Gasteiger partial charge in [-0.2, -0.15) is 0 Å². The van der Waals surface area contributed by atoms with Crippen molar-refractivity contribution in [1.82, 2.24) is 0 Å². The number of benzene rings is 1. The van der Waals surface area contributed by atoms with Gasteiger partial charge in [0.05, 0.1) is 17.2 Å². The third-order valence-electron chi connectivity index (χ3n) is 2.64. The molecule has 0 saturated carbocycles. The van der Waals surface area contributed by atoms with Crippen molar-refractivity contribution in [2.45, 2.75) is 18.4 Å². The number of sulfonamides is 1. The van der Waals surface area contributed by atoms with E-state index in [-0.39, 0.29) is 9.77 Å². The van der Waals surface area contributed by atoms with Crippen LogP contribution < -0.4 is 4.72 Å². The molecule has 0 atom stereocenters. The molecule has 0 bridgehead atoms. The molecule has 2 N–H and O–H groups in total. The highest BCUT2D eigenvalue weighted by atomic mass is 32.2. The molecule has 0 aliphatic carbocycles. The van der Waals surface area contributed by atoms with Crippen LogP contribution in [-0.2, 0) is 16.6 Å². The lowest BCUT2D eigenvalue weighted by atomic mass is 10.3. The zero-order chi connectivity index (χ0) is 15.8. The summed E-state index contributed by atoms with van der Waals surface area (Å²) >= 11 is 1.05. The van der Waals surface area contributed by atoms with Crippen LogP contribution in [0.5, 0.6) is 0 Å². The van der Waals surface area contributed by atoms with Crippen molar-refractivity contribution in [1.29, 1.82) is 0 Å². The van der Waals surface area contributed by atoms with E-state index in [4.69, 9.17) is 5.11 Å². The van der Waals surface area contributed by atoms with Gasteiger partial charge in [0.1, 0.15) is 4.90 Å². The number of anilines is 1. The number of halogens is 3. The van der Waals surface area contributed by atoms with Crippen molar-refractivity contribution < 1.29 is 26.7 Å². The molecule has 114 valence electrons. The molecule has 0 aliphatic heterocycles. The molecular formula is C12H10F3NO3S2. The predicted octanol–water partition coefficient (Wildman–Crippen LogP) is 2.77. The number of hydrogen-bond donors (Lipinski definition) is 2. The van der Waals surface area contributed by atoms with Crippen LogP contribution >= 0.6 is 11.3 Å². The van der Waals surface area contributed by atoms with Gasteiger partial charge in [-0.1, -0.05) is 0 Å². The third-order valence-corrected chi connectivity index (χ3v) is 5.47. The summed E-state index contributed by atoms with van der Waals surface area (Å²) in [6, 6.07) is 1.08. The Morgan fingerprint density at radius 1 is 1.24 bits per heavy atom. The van der Waals surface area contributed by atoms with Gasteiger partial charge < -0.3 is 5.11 Å². The van der Waals surface area contributed by atoms with Crippen molar-refractivity contribution in [3.8, 4) is 0 Å². The van der Waals surface area contributed by atoms with E-state index in [0.717, 1.165) is 11.3 Å². The molecule has 0 unspecified atom stereocenters. The molecule has 0 fully saturated rings. The lowest BCUT2D eigenvalue weighted by Gasteiger charge is -2.10. The SMILES string of the molecule is Cc1csc(CO)c1S(=O)(=O)Nc1cc(F)c(F)c(F)c1. The van der Waals surface area contributed by atoms with Crippen LogP contribution in [0, 0.1) is 24.4 Å². The van der Waals surface area contributed by atoms with Crippen LogP contribution in [-0.4, -0.2) is 13.5 Å². The summed E-state index contributed by atoms with van der Waals surface area (Å²) in [6.45, 7) is 1.04. The van der Waals surface area contributed by atoms with Crippen molar-refractivity contribution in [3.05, 3.63) is 45.4 Å². The second kappa shape index (κ2) is 5.66. The Bertz CT molecular complexity index is 764. The van der Waals surface area contributed by atoms with Gasteiger partial charge in [-0.15, -0.1) is 11.3 Å². The molecule has 0 aliphatic rings. The molecule has 2 rings (SSSR count). The first-order valence-electron chi connectivity index (χ1n) is 5.61.